The van der Waals surface area contributed by atoms with Crippen molar-refractivity contribution in [1.82, 2.24) is 19.7 Å². The van der Waals surface area contributed by atoms with Gasteiger partial charge < -0.3 is 11.1 Å². The molecule has 0 unspecified atom stereocenters. The molecule has 0 bridgehead atoms. The van der Waals surface area contributed by atoms with E-state index in [2.05, 4.69) is 20.4 Å². The van der Waals surface area contributed by atoms with Gasteiger partial charge in [0.05, 0.1) is 0 Å². The molecule has 0 aliphatic rings. The third-order valence-corrected chi connectivity index (χ3v) is 1.79. The molecule has 2 aromatic heterocycles. The van der Waals surface area contributed by atoms with Gasteiger partial charge >= 0.3 is 0 Å². The summed E-state index contributed by atoms with van der Waals surface area (Å²) in [6.07, 6.45) is 3.00. The maximum atomic E-state index is 11.5. The number of carbonyl (C=O) groups is 1. The lowest BCUT2D eigenvalue weighted by Crippen LogP contribution is -2.19. The van der Waals surface area contributed by atoms with Crippen molar-refractivity contribution in [1.29, 1.82) is 0 Å². The van der Waals surface area contributed by atoms with Crippen molar-refractivity contribution < 1.29 is 4.79 Å². The van der Waals surface area contributed by atoms with Crippen molar-refractivity contribution in [3.05, 3.63) is 30.7 Å². The summed E-state index contributed by atoms with van der Waals surface area (Å²) in [4.78, 5) is 19.2. The molecule has 0 saturated heterocycles. The average Bonchev–Trinajstić information content (AvgIpc) is 2.65. The van der Waals surface area contributed by atoms with Crippen LogP contribution in [0.4, 0.5) is 11.8 Å². The zero-order chi connectivity index (χ0) is 11.4. The minimum atomic E-state index is -0.233. The quantitative estimate of drug-likeness (QED) is 0.749. The summed E-state index contributed by atoms with van der Waals surface area (Å²) >= 11 is 0. The number of hydrogen-bond donors (Lipinski definition) is 2. The lowest BCUT2D eigenvalue weighted by atomic mass is 10.4. The third-order valence-electron chi connectivity index (χ3n) is 1.79. The summed E-state index contributed by atoms with van der Waals surface area (Å²) in [6, 6.07) is 5.26. The van der Waals surface area contributed by atoms with Crippen LogP contribution in [-0.4, -0.2) is 25.7 Å². The van der Waals surface area contributed by atoms with E-state index in [9.17, 15) is 4.79 Å². The number of nitrogens with one attached hydrogen (secondary N) is 1. The number of amides is 1. The molecule has 0 aliphatic heterocycles. The maximum absolute atomic E-state index is 11.5. The summed E-state index contributed by atoms with van der Waals surface area (Å²) in [5.41, 5.74) is 5.32. The molecule has 0 saturated carbocycles. The molecule has 0 spiro atoms. The summed E-state index contributed by atoms with van der Waals surface area (Å²) in [7, 11) is 0. The molecule has 16 heavy (non-hydrogen) atoms. The first-order valence-electron chi connectivity index (χ1n) is 4.60. The van der Waals surface area contributed by atoms with Crippen LogP contribution < -0.4 is 11.1 Å². The average molecular weight is 218 g/mol. The van der Waals surface area contributed by atoms with Crippen molar-refractivity contribution in [3.63, 3.8) is 0 Å². The lowest BCUT2D eigenvalue weighted by Gasteiger charge is -2.02. The van der Waals surface area contributed by atoms with Gasteiger partial charge in [-0.2, -0.15) is 0 Å². The van der Waals surface area contributed by atoms with E-state index in [0.29, 0.717) is 5.82 Å². The van der Waals surface area contributed by atoms with Gasteiger partial charge in [0.25, 0.3) is 0 Å². The number of anilines is 2. The van der Waals surface area contributed by atoms with Gasteiger partial charge in [0.1, 0.15) is 18.7 Å². The number of nitrogen functional groups attached to an aromatic ring is 1. The number of nitrogens with zero attached hydrogens (tertiary/aromatic N) is 4. The molecule has 0 aromatic carbocycles. The highest BCUT2D eigenvalue weighted by atomic mass is 16.2. The van der Waals surface area contributed by atoms with E-state index in [-0.39, 0.29) is 18.4 Å². The van der Waals surface area contributed by atoms with Crippen LogP contribution in [0, 0.1) is 0 Å². The molecule has 2 heterocycles. The third kappa shape index (κ3) is 2.53. The molecule has 2 aromatic rings. The molecule has 7 nitrogen and oxygen atoms in total. The highest BCUT2D eigenvalue weighted by Gasteiger charge is 2.05. The smallest absolute Gasteiger partial charge is 0.247 e. The zero-order valence-corrected chi connectivity index (χ0v) is 8.37. The molecular formula is C9H10N6O. The Balaban J connectivity index is 1.95. The number of carbonyl (C=O) groups excluding carboxylic acids is 1. The topological polar surface area (TPSA) is 98.7 Å². The highest BCUT2D eigenvalue weighted by Crippen LogP contribution is 2.00. The fourth-order valence-corrected chi connectivity index (χ4v) is 1.15. The van der Waals surface area contributed by atoms with Gasteiger partial charge in [-0.05, 0) is 12.1 Å². The largest absolute Gasteiger partial charge is 0.367 e. The zero-order valence-electron chi connectivity index (χ0n) is 8.37. The van der Waals surface area contributed by atoms with E-state index < -0.39 is 0 Å². The van der Waals surface area contributed by atoms with Crippen LogP contribution in [0.15, 0.2) is 30.7 Å². The van der Waals surface area contributed by atoms with E-state index in [4.69, 9.17) is 5.73 Å². The molecule has 0 aliphatic carbocycles. The first kappa shape index (κ1) is 10.1. The Kier molecular flexibility index (Phi) is 2.77. The van der Waals surface area contributed by atoms with Gasteiger partial charge in [-0.25, -0.2) is 14.6 Å². The van der Waals surface area contributed by atoms with Crippen LogP contribution in [0.5, 0.6) is 0 Å². The van der Waals surface area contributed by atoms with Gasteiger partial charge in [0.2, 0.25) is 11.9 Å². The number of aromatic nitrogens is 4. The van der Waals surface area contributed by atoms with Crippen molar-refractivity contribution in [3.8, 4) is 0 Å². The monoisotopic (exact) mass is 218 g/mol. The number of nitrogens with two attached hydrogens (primary N) is 1. The molecule has 1 amide bonds. The van der Waals surface area contributed by atoms with E-state index in [1.165, 1.54) is 11.0 Å². The maximum Gasteiger partial charge on any atom is 0.247 e. The first-order chi connectivity index (χ1) is 7.74. The Labute approximate surface area is 91.3 Å². The highest BCUT2D eigenvalue weighted by molar-refractivity contribution is 5.89. The van der Waals surface area contributed by atoms with Crippen molar-refractivity contribution >= 4 is 17.7 Å². The first-order valence-corrected chi connectivity index (χ1v) is 4.60. The molecule has 0 radical (unpaired) electrons. The number of hydrogen-bond acceptors (Lipinski definition) is 5. The van der Waals surface area contributed by atoms with Gasteiger partial charge in [0, 0.05) is 6.20 Å². The molecule has 2 rings (SSSR count). The Bertz CT molecular complexity index is 480. The fourth-order valence-electron chi connectivity index (χ4n) is 1.15. The Morgan fingerprint density at radius 1 is 1.44 bits per heavy atom. The molecule has 3 N–H and O–H groups in total. The normalized spacial score (nSPS) is 10.0. The van der Waals surface area contributed by atoms with E-state index in [0.717, 1.165) is 0 Å². The van der Waals surface area contributed by atoms with E-state index in [1.54, 1.807) is 24.4 Å². The van der Waals surface area contributed by atoms with E-state index >= 15 is 0 Å². The fraction of sp³-hybridized carbons (Fsp3) is 0.111. The second-order valence-corrected chi connectivity index (χ2v) is 3.06. The minimum Gasteiger partial charge on any atom is -0.367 e. The van der Waals surface area contributed by atoms with Crippen LogP contribution in [0.25, 0.3) is 0 Å². The second-order valence-electron chi connectivity index (χ2n) is 3.06. The predicted octanol–water partition coefficient (Wildman–Crippen LogP) is -0.106. The summed E-state index contributed by atoms with van der Waals surface area (Å²) in [5.74, 6) is 0.412. The lowest BCUT2D eigenvalue weighted by molar-refractivity contribution is -0.116. The van der Waals surface area contributed by atoms with Crippen molar-refractivity contribution in [2.75, 3.05) is 11.1 Å². The van der Waals surface area contributed by atoms with Gasteiger partial charge in [0.15, 0.2) is 0 Å². The van der Waals surface area contributed by atoms with Crippen molar-refractivity contribution in [2.24, 2.45) is 0 Å². The number of pyridine rings is 1. The summed E-state index contributed by atoms with van der Waals surface area (Å²) < 4.78 is 1.35. The molecular weight excluding hydrogens is 208 g/mol. The predicted molar refractivity (Wildman–Crippen MR) is 57.3 cm³/mol. The van der Waals surface area contributed by atoms with Crippen LogP contribution >= 0.6 is 0 Å². The number of rotatable bonds is 3. The van der Waals surface area contributed by atoms with Crippen LogP contribution in [0.3, 0.4) is 0 Å². The van der Waals surface area contributed by atoms with Crippen LogP contribution in [0.1, 0.15) is 0 Å². The molecule has 7 heteroatoms. The van der Waals surface area contributed by atoms with Gasteiger partial charge in [-0.15, -0.1) is 5.10 Å². The minimum absolute atomic E-state index is 0.0563. The Hall–Kier alpha value is -2.44. The second kappa shape index (κ2) is 4.39. The van der Waals surface area contributed by atoms with E-state index in [1.807, 2.05) is 0 Å². The Morgan fingerprint density at radius 2 is 2.31 bits per heavy atom. The summed E-state index contributed by atoms with van der Waals surface area (Å²) in [6.45, 7) is 0.0563. The van der Waals surface area contributed by atoms with Crippen LogP contribution in [-0.2, 0) is 11.3 Å². The standard InChI is InChI=1S/C9H10N6O/c10-9-12-6-15(14-9)5-8(16)13-7-3-1-2-4-11-7/h1-4,6H,5H2,(H2,10,14)(H,11,13,16). The van der Waals surface area contributed by atoms with Crippen molar-refractivity contribution in [2.45, 2.75) is 6.54 Å². The van der Waals surface area contributed by atoms with Gasteiger partial charge in [-0.1, -0.05) is 6.07 Å². The Morgan fingerprint density at radius 3 is 2.94 bits per heavy atom. The molecule has 0 atom stereocenters. The van der Waals surface area contributed by atoms with Crippen LogP contribution in [0.2, 0.25) is 0 Å². The molecule has 0 fully saturated rings. The SMILES string of the molecule is Nc1ncn(CC(=O)Nc2ccccn2)n1. The van der Waals surface area contributed by atoms with Gasteiger partial charge in [-0.3, -0.25) is 4.79 Å². The molecule has 82 valence electrons. The summed E-state index contributed by atoms with van der Waals surface area (Å²) in [5, 5.41) is 6.41.